The van der Waals surface area contributed by atoms with E-state index in [9.17, 15) is 0 Å². The number of pyridine rings is 1. The van der Waals surface area contributed by atoms with Gasteiger partial charge in [-0.15, -0.1) is 0 Å². The summed E-state index contributed by atoms with van der Waals surface area (Å²) in [7, 11) is 0. The lowest BCUT2D eigenvalue weighted by atomic mass is 9.76. The Labute approximate surface area is 171 Å². The second-order valence-corrected chi connectivity index (χ2v) is 9.25. The Kier molecular flexibility index (Phi) is 6.34. The van der Waals surface area contributed by atoms with E-state index in [1.54, 1.807) is 0 Å². The summed E-state index contributed by atoms with van der Waals surface area (Å²) in [6.45, 7) is 4.83. The molecule has 150 valence electrons. The maximum absolute atomic E-state index is 4.25. The van der Waals surface area contributed by atoms with E-state index >= 15 is 0 Å². The molecular weight excluding hydrogens is 340 g/mol. The van der Waals surface area contributed by atoms with E-state index in [2.05, 4.69) is 47.1 Å². The third kappa shape index (κ3) is 4.59. The van der Waals surface area contributed by atoms with Gasteiger partial charge in [-0.2, -0.15) is 0 Å². The summed E-state index contributed by atoms with van der Waals surface area (Å²) in [4.78, 5) is 6.88. The quantitative estimate of drug-likeness (QED) is 0.434. The van der Waals surface area contributed by atoms with Gasteiger partial charge in [0.1, 0.15) is 0 Å². The van der Waals surface area contributed by atoms with Gasteiger partial charge in [0.2, 0.25) is 0 Å². The van der Waals surface area contributed by atoms with Gasteiger partial charge in [0.15, 0.2) is 0 Å². The number of anilines is 1. The van der Waals surface area contributed by atoms with Crippen LogP contribution in [0.2, 0.25) is 0 Å². The average Bonchev–Trinajstić information content (AvgIpc) is 3.12. The summed E-state index contributed by atoms with van der Waals surface area (Å²) >= 11 is 0. The highest BCUT2D eigenvalue weighted by atomic mass is 15.2. The fourth-order valence-electron chi connectivity index (χ4n) is 5.33. The van der Waals surface area contributed by atoms with Crippen LogP contribution in [-0.4, -0.2) is 18.1 Å². The number of rotatable bonds is 9. The second kappa shape index (κ2) is 9.11. The van der Waals surface area contributed by atoms with Crippen LogP contribution in [0.4, 0.5) is 5.69 Å². The molecule has 2 nitrogen and oxygen atoms in total. The Hall–Kier alpha value is -1.83. The van der Waals surface area contributed by atoms with E-state index in [0.29, 0.717) is 5.41 Å². The predicted octanol–water partition coefficient (Wildman–Crippen LogP) is 7.11. The zero-order valence-electron chi connectivity index (χ0n) is 17.6. The molecule has 1 atom stereocenters. The summed E-state index contributed by atoms with van der Waals surface area (Å²) in [6, 6.07) is 13.3. The molecule has 1 aliphatic carbocycles. The molecule has 0 N–H and O–H groups in total. The van der Waals surface area contributed by atoms with E-state index in [-0.39, 0.29) is 0 Å². The molecule has 2 aromatic rings. The molecule has 1 saturated heterocycles. The number of nitrogens with zero attached hydrogens (tertiary/aromatic N) is 2. The van der Waals surface area contributed by atoms with Crippen LogP contribution in [0, 0.1) is 11.3 Å². The first-order valence-corrected chi connectivity index (χ1v) is 11.5. The van der Waals surface area contributed by atoms with Gasteiger partial charge in [-0.1, -0.05) is 70.1 Å². The van der Waals surface area contributed by atoms with Gasteiger partial charge >= 0.3 is 0 Å². The molecule has 4 rings (SSSR count). The van der Waals surface area contributed by atoms with Crippen LogP contribution in [0.1, 0.15) is 71.1 Å². The topological polar surface area (TPSA) is 16.1 Å². The fourth-order valence-corrected chi connectivity index (χ4v) is 5.33. The summed E-state index contributed by atoms with van der Waals surface area (Å²) < 4.78 is 0. The first-order chi connectivity index (χ1) is 13.8. The van der Waals surface area contributed by atoms with Crippen molar-refractivity contribution in [2.45, 2.75) is 71.1 Å². The minimum atomic E-state index is 0.552. The number of benzene rings is 1. The molecule has 0 spiro atoms. The molecule has 1 unspecified atom stereocenters. The first-order valence-electron chi connectivity index (χ1n) is 11.5. The van der Waals surface area contributed by atoms with E-state index in [0.717, 1.165) is 5.92 Å². The number of hydrogen-bond acceptors (Lipinski definition) is 2. The Bertz CT molecular complexity index is 720. The van der Waals surface area contributed by atoms with Crippen LogP contribution >= 0.6 is 0 Å². The highest BCUT2D eigenvalue weighted by Crippen LogP contribution is 2.42. The smallest absolute Gasteiger partial charge is 0.0366 e. The largest absolute Gasteiger partial charge is 0.371 e. The van der Waals surface area contributed by atoms with Crippen molar-refractivity contribution < 1.29 is 0 Å². The minimum Gasteiger partial charge on any atom is -0.371 e. The van der Waals surface area contributed by atoms with Crippen molar-refractivity contribution in [3.05, 3.63) is 48.8 Å². The van der Waals surface area contributed by atoms with Crippen LogP contribution in [-0.2, 0) is 0 Å². The zero-order valence-corrected chi connectivity index (χ0v) is 17.6. The van der Waals surface area contributed by atoms with Crippen LogP contribution < -0.4 is 4.90 Å². The van der Waals surface area contributed by atoms with Crippen molar-refractivity contribution in [3.63, 3.8) is 0 Å². The van der Waals surface area contributed by atoms with E-state index in [4.69, 9.17) is 0 Å². The molecule has 1 saturated carbocycles. The molecule has 0 bridgehead atoms. The average molecular weight is 377 g/mol. The van der Waals surface area contributed by atoms with E-state index < -0.39 is 0 Å². The van der Waals surface area contributed by atoms with Crippen LogP contribution in [0.5, 0.6) is 0 Å². The van der Waals surface area contributed by atoms with Gasteiger partial charge in [0.25, 0.3) is 0 Å². The third-order valence-corrected chi connectivity index (χ3v) is 7.24. The number of hydrogen-bond donors (Lipinski definition) is 0. The Balaban J connectivity index is 1.35. The Morgan fingerprint density at radius 3 is 2.57 bits per heavy atom. The van der Waals surface area contributed by atoms with Crippen molar-refractivity contribution >= 4 is 5.69 Å². The molecule has 2 heterocycles. The van der Waals surface area contributed by atoms with Crippen molar-refractivity contribution in [2.24, 2.45) is 11.3 Å². The third-order valence-electron chi connectivity index (χ3n) is 7.24. The zero-order chi connectivity index (χ0) is 19.2. The van der Waals surface area contributed by atoms with Crippen molar-refractivity contribution in [2.75, 3.05) is 18.0 Å². The number of unbranched alkanes of at least 4 members (excludes halogenated alkanes) is 1. The Morgan fingerprint density at radius 1 is 1.04 bits per heavy atom. The highest BCUT2D eigenvalue weighted by molar-refractivity contribution is 5.65. The van der Waals surface area contributed by atoms with Gasteiger partial charge in [0.05, 0.1) is 0 Å². The van der Waals surface area contributed by atoms with Crippen molar-refractivity contribution in [3.8, 4) is 11.1 Å². The molecule has 1 aliphatic heterocycles. The molecule has 2 aliphatic rings. The molecule has 0 radical (unpaired) electrons. The van der Waals surface area contributed by atoms with Crippen LogP contribution in [0.25, 0.3) is 11.1 Å². The monoisotopic (exact) mass is 376 g/mol. The molecule has 2 fully saturated rings. The maximum atomic E-state index is 4.25. The Morgan fingerprint density at radius 2 is 1.89 bits per heavy atom. The molecule has 28 heavy (non-hydrogen) atoms. The molecule has 0 amide bonds. The first kappa shape index (κ1) is 19.5. The normalized spacial score (nSPS) is 22.4. The summed E-state index contributed by atoms with van der Waals surface area (Å²) in [5, 5.41) is 0. The van der Waals surface area contributed by atoms with Crippen LogP contribution in [0.15, 0.2) is 48.8 Å². The van der Waals surface area contributed by atoms with Gasteiger partial charge in [0, 0.05) is 31.2 Å². The lowest BCUT2D eigenvalue weighted by Crippen LogP contribution is -2.27. The summed E-state index contributed by atoms with van der Waals surface area (Å²) in [6.07, 6.45) is 18.2. The van der Waals surface area contributed by atoms with Crippen LogP contribution in [0.3, 0.4) is 0 Å². The standard InChI is InChI=1S/C26H36N2/c1-2-15-26(16-4-3-7-22-8-5-9-22)17-19-28(21-26)25-13-11-23(12-14-25)24-10-6-18-27-20-24/h6,10-14,18,20,22H,2-5,7-9,15-17,19,21H2,1H3. The van der Waals surface area contributed by atoms with E-state index in [1.807, 2.05) is 18.5 Å². The molecule has 1 aromatic heterocycles. The van der Waals surface area contributed by atoms with Gasteiger partial charge in [-0.05, 0) is 59.9 Å². The molecular formula is C26H36N2. The van der Waals surface area contributed by atoms with E-state index in [1.165, 1.54) is 94.1 Å². The summed E-state index contributed by atoms with van der Waals surface area (Å²) in [5.74, 6) is 1.07. The highest BCUT2D eigenvalue weighted by Gasteiger charge is 2.36. The lowest BCUT2D eigenvalue weighted by Gasteiger charge is -2.31. The molecule has 1 aromatic carbocycles. The summed E-state index contributed by atoms with van der Waals surface area (Å²) in [5.41, 5.74) is 4.39. The molecule has 2 heteroatoms. The SMILES string of the molecule is CCCC1(CCCCC2CCC2)CCN(c2ccc(-c3cccnc3)cc2)C1. The second-order valence-electron chi connectivity index (χ2n) is 9.25. The van der Waals surface area contributed by atoms with Crippen molar-refractivity contribution in [1.29, 1.82) is 0 Å². The lowest BCUT2D eigenvalue weighted by molar-refractivity contribution is 0.243. The number of aromatic nitrogens is 1. The predicted molar refractivity (Wildman–Crippen MR) is 120 cm³/mol. The van der Waals surface area contributed by atoms with Gasteiger partial charge in [-0.3, -0.25) is 4.98 Å². The van der Waals surface area contributed by atoms with Gasteiger partial charge in [-0.25, -0.2) is 0 Å². The van der Waals surface area contributed by atoms with Gasteiger partial charge < -0.3 is 4.90 Å². The minimum absolute atomic E-state index is 0.552. The fraction of sp³-hybridized carbons (Fsp3) is 0.577. The maximum Gasteiger partial charge on any atom is 0.0366 e. The van der Waals surface area contributed by atoms with Crippen molar-refractivity contribution in [1.82, 2.24) is 4.98 Å².